The number of carbonyl (C=O) groups excluding carboxylic acids is 5. The van der Waals surface area contributed by atoms with Gasteiger partial charge in [-0.25, -0.2) is 4.79 Å². The Morgan fingerprint density at radius 2 is 1.58 bits per heavy atom. The van der Waals surface area contributed by atoms with Crippen molar-refractivity contribution in [2.24, 2.45) is 22.5 Å². The molecule has 12 nitrogen and oxygen atoms in total. The molecule has 0 saturated carbocycles. The molecule has 0 aromatic carbocycles. The lowest BCUT2D eigenvalue weighted by molar-refractivity contribution is -0.143. The molecule has 0 aliphatic carbocycles. The topological polar surface area (TPSA) is 175 Å². The van der Waals surface area contributed by atoms with Gasteiger partial charge in [-0.15, -0.1) is 0 Å². The van der Waals surface area contributed by atoms with Gasteiger partial charge >= 0.3 is 6.03 Å². The van der Waals surface area contributed by atoms with Gasteiger partial charge in [-0.3, -0.25) is 23.9 Å². The highest BCUT2D eigenvalue weighted by molar-refractivity contribution is 7.78. The summed E-state index contributed by atoms with van der Waals surface area (Å²) in [5, 5.41) is 11.6. The summed E-state index contributed by atoms with van der Waals surface area (Å²) in [7, 11) is 0. The number of primary amides is 1. The van der Waals surface area contributed by atoms with Gasteiger partial charge in [0.05, 0.1) is 6.04 Å². The number of nitrogens with zero attached hydrogens (tertiary/aromatic N) is 1. The highest BCUT2D eigenvalue weighted by Crippen LogP contribution is 2.28. The third-order valence-corrected chi connectivity index (χ3v) is 6.82. The van der Waals surface area contributed by atoms with Crippen molar-refractivity contribution < 1.29 is 24.0 Å². The molecule has 1 aliphatic heterocycles. The zero-order chi connectivity index (χ0) is 29.4. The van der Waals surface area contributed by atoms with E-state index < -0.39 is 53.1 Å². The molecule has 0 spiro atoms. The van der Waals surface area contributed by atoms with Gasteiger partial charge in [-0.1, -0.05) is 61.3 Å². The van der Waals surface area contributed by atoms with E-state index in [1.165, 1.54) is 11.8 Å². The molecule has 0 aromatic rings. The second-order valence-corrected chi connectivity index (χ2v) is 12.6. The van der Waals surface area contributed by atoms with E-state index in [0.717, 1.165) is 0 Å². The number of Topliss-reactive ketones (excluding diaryl/α,β-unsaturated/α-hetero) is 1. The summed E-state index contributed by atoms with van der Waals surface area (Å²) in [5.41, 5.74) is 4.12. The van der Waals surface area contributed by atoms with Gasteiger partial charge in [0.15, 0.2) is 0 Å². The zero-order valence-corrected chi connectivity index (χ0v) is 24.8. The van der Waals surface area contributed by atoms with E-state index in [4.69, 9.17) is 5.73 Å². The monoisotopic (exact) mass is 557 g/mol. The van der Waals surface area contributed by atoms with Crippen LogP contribution < -0.4 is 31.7 Å². The van der Waals surface area contributed by atoms with Crippen molar-refractivity contribution in [2.45, 2.75) is 86.0 Å². The fourth-order valence-electron chi connectivity index (χ4n) is 4.24. The standard InChI is InChI=1S/C25H47N7O5S/c1-14-11-16(21(35)29-15(2)18(33)20(26)34)32(13-14)22(36)19(25(6,7)8)31-23(37)30-17(24(3,4)5)12-27-9-10-28-38/h14-17,19,27-28,38H,9-13H2,1-8H3,(H2,26,34)(H,29,35)(H2,30,31,37). The number of ketones is 1. The first-order chi connectivity index (χ1) is 17.4. The summed E-state index contributed by atoms with van der Waals surface area (Å²) in [4.78, 5) is 64.4. The van der Waals surface area contributed by atoms with Gasteiger partial charge in [0.25, 0.3) is 5.91 Å². The Hall–Kier alpha value is -2.38. The van der Waals surface area contributed by atoms with E-state index >= 15 is 0 Å². The van der Waals surface area contributed by atoms with Gasteiger partial charge in [0.2, 0.25) is 17.6 Å². The second kappa shape index (κ2) is 14.1. The summed E-state index contributed by atoms with van der Waals surface area (Å²) in [5.74, 6) is -2.98. The third kappa shape index (κ3) is 10.1. The molecule has 5 atom stereocenters. The number of hydrogen-bond acceptors (Lipinski definition) is 8. The number of rotatable bonds is 12. The number of urea groups is 1. The molecular weight excluding hydrogens is 510 g/mol. The van der Waals surface area contributed by atoms with Crippen molar-refractivity contribution in [2.75, 3.05) is 26.2 Å². The smallest absolute Gasteiger partial charge is 0.315 e. The lowest BCUT2D eigenvalue weighted by Crippen LogP contribution is -2.61. The largest absolute Gasteiger partial charge is 0.363 e. The molecule has 5 amide bonds. The first-order valence-electron chi connectivity index (χ1n) is 13.0. The van der Waals surface area contributed by atoms with E-state index in [1.807, 2.05) is 48.5 Å². The van der Waals surface area contributed by atoms with Crippen molar-refractivity contribution in [1.82, 2.24) is 30.9 Å². The van der Waals surface area contributed by atoms with Crippen LogP contribution in [0.25, 0.3) is 0 Å². The molecule has 38 heavy (non-hydrogen) atoms. The summed E-state index contributed by atoms with van der Waals surface area (Å²) in [6.07, 6.45) is 0.386. The number of hydrogen-bond donors (Lipinski definition) is 7. The molecule has 13 heteroatoms. The lowest BCUT2D eigenvalue weighted by atomic mass is 9.85. The molecule has 0 aromatic heterocycles. The van der Waals surface area contributed by atoms with Crippen molar-refractivity contribution in [3.05, 3.63) is 0 Å². The predicted octanol–water partition coefficient (Wildman–Crippen LogP) is -0.0649. The van der Waals surface area contributed by atoms with Gasteiger partial charge in [0, 0.05) is 32.2 Å². The average Bonchev–Trinajstić information content (AvgIpc) is 3.18. The Balaban J connectivity index is 3.04. The van der Waals surface area contributed by atoms with Gasteiger partial charge < -0.3 is 31.9 Å². The highest BCUT2D eigenvalue weighted by atomic mass is 32.1. The molecule has 5 unspecified atom stereocenters. The summed E-state index contributed by atoms with van der Waals surface area (Å²) in [6, 6.07) is -3.59. The molecular formula is C25H47N7O5S. The number of carbonyl (C=O) groups is 5. The van der Waals surface area contributed by atoms with E-state index in [9.17, 15) is 24.0 Å². The van der Waals surface area contributed by atoms with E-state index in [-0.39, 0.29) is 17.4 Å². The van der Waals surface area contributed by atoms with Crippen LogP contribution in [-0.4, -0.2) is 84.8 Å². The number of nitrogens with two attached hydrogens (primary N) is 1. The Morgan fingerprint density at radius 3 is 2.08 bits per heavy atom. The van der Waals surface area contributed by atoms with Gasteiger partial charge in [-0.05, 0) is 30.1 Å². The normalized spacial score (nSPS) is 20.3. The quantitative estimate of drug-likeness (QED) is 0.0999. The number of nitrogens with one attached hydrogen (secondary N) is 5. The van der Waals surface area contributed by atoms with E-state index in [1.54, 1.807) is 0 Å². The highest BCUT2D eigenvalue weighted by Gasteiger charge is 2.44. The second-order valence-electron chi connectivity index (χ2n) is 12.3. The van der Waals surface area contributed by atoms with Crippen molar-refractivity contribution in [1.29, 1.82) is 0 Å². The van der Waals surface area contributed by atoms with Crippen LogP contribution in [0.5, 0.6) is 0 Å². The zero-order valence-electron chi connectivity index (χ0n) is 23.9. The molecule has 1 rings (SSSR count). The Morgan fingerprint density at radius 1 is 0.974 bits per heavy atom. The summed E-state index contributed by atoms with van der Waals surface area (Å²) in [6.45, 7) is 17.0. The molecule has 7 N–H and O–H groups in total. The maximum atomic E-state index is 13.8. The number of thiol groups is 1. The van der Waals surface area contributed by atoms with Crippen LogP contribution in [0, 0.1) is 16.7 Å². The van der Waals surface area contributed by atoms with Crippen LogP contribution in [0.1, 0.15) is 61.8 Å². The van der Waals surface area contributed by atoms with Gasteiger partial charge in [0.1, 0.15) is 12.1 Å². The third-order valence-electron chi connectivity index (χ3n) is 6.59. The SMILES string of the molecule is CC1CC(C(=O)NC(C)C(=O)C(N)=O)N(C(=O)C(NC(=O)NC(CNCCNS)C(C)(C)C)C(C)(C)C)C1. The maximum Gasteiger partial charge on any atom is 0.315 e. The Labute approximate surface area is 231 Å². The van der Waals surface area contributed by atoms with Crippen molar-refractivity contribution >= 4 is 42.4 Å². The first kappa shape index (κ1) is 33.6. The number of likely N-dealkylation sites (tertiary alicyclic amines) is 1. The van der Waals surface area contributed by atoms with Crippen LogP contribution in [0.15, 0.2) is 0 Å². The average molecular weight is 558 g/mol. The minimum Gasteiger partial charge on any atom is -0.363 e. The van der Waals surface area contributed by atoms with Crippen LogP contribution in [0.2, 0.25) is 0 Å². The minimum absolute atomic E-state index is 0.0226. The fraction of sp³-hybridized carbons (Fsp3) is 0.800. The molecule has 218 valence electrons. The van der Waals surface area contributed by atoms with Gasteiger partial charge in [-0.2, -0.15) is 0 Å². The molecule has 1 heterocycles. The van der Waals surface area contributed by atoms with Crippen LogP contribution in [0.3, 0.4) is 0 Å². The summed E-state index contributed by atoms with van der Waals surface area (Å²) < 4.78 is 2.76. The molecule has 1 aliphatic rings. The van der Waals surface area contributed by atoms with Crippen LogP contribution >= 0.6 is 12.8 Å². The van der Waals surface area contributed by atoms with Crippen LogP contribution in [0.4, 0.5) is 4.79 Å². The fourth-order valence-corrected chi connectivity index (χ4v) is 4.35. The Bertz CT molecular complexity index is 871. The molecule has 0 bridgehead atoms. The van der Waals surface area contributed by atoms with Crippen molar-refractivity contribution in [3.63, 3.8) is 0 Å². The first-order valence-corrected chi connectivity index (χ1v) is 13.4. The molecule has 1 fully saturated rings. The predicted molar refractivity (Wildman–Crippen MR) is 149 cm³/mol. The van der Waals surface area contributed by atoms with E-state index in [2.05, 4.69) is 38.8 Å². The van der Waals surface area contributed by atoms with Crippen LogP contribution in [-0.2, 0) is 19.2 Å². The minimum atomic E-state index is -1.14. The van der Waals surface area contributed by atoms with E-state index in [0.29, 0.717) is 32.6 Å². The Kier molecular flexibility index (Phi) is 12.5. The molecule has 0 radical (unpaired) electrons. The maximum absolute atomic E-state index is 13.8. The number of amides is 5. The molecule has 1 saturated heterocycles. The summed E-state index contributed by atoms with van der Waals surface area (Å²) >= 11 is 3.97. The lowest BCUT2D eigenvalue weighted by Gasteiger charge is -2.37. The van der Waals surface area contributed by atoms with Crippen molar-refractivity contribution in [3.8, 4) is 0 Å².